The van der Waals surface area contributed by atoms with Crippen LogP contribution in [-0.4, -0.2) is 52.6 Å². The molecule has 9 nitrogen and oxygen atoms in total. The summed E-state index contributed by atoms with van der Waals surface area (Å²) in [6.45, 7) is 3.38. The maximum Gasteiger partial charge on any atom is 0.387 e. The van der Waals surface area contributed by atoms with E-state index in [-0.39, 0.29) is 25.0 Å². The zero-order chi connectivity index (χ0) is 23.5. The van der Waals surface area contributed by atoms with Crippen molar-refractivity contribution < 1.29 is 27.8 Å². The van der Waals surface area contributed by atoms with Crippen LogP contribution in [0.4, 0.5) is 14.7 Å². The maximum atomic E-state index is 13.0. The van der Waals surface area contributed by atoms with Crippen LogP contribution in [0.5, 0.6) is 17.2 Å². The number of ether oxygens (including phenoxy) is 3. The van der Waals surface area contributed by atoms with Gasteiger partial charge in [0, 0.05) is 44.7 Å². The smallest absolute Gasteiger partial charge is 0.387 e. The average molecular weight is 466 g/mol. The van der Waals surface area contributed by atoms with Gasteiger partial charge in [0.05, 0.1) is 6.54 Å². The van der Waals surface area contributed by atoms with Crippen LogP contribution in [0.3, 0.4) is 0 Å². The van der Waals surface area contributed by atoms with Gasteiger partial charge in [0.15, 0.2) is 17.3 Å². The van der Waals surface area contributed by atoms with Gasteiger partial charge >= 0.3 is 6.61 Å². The van der Waals surface area contributed by atoms with E-state index in [0.29, 0.717) is 60.8 Å². The zero-order valence-electron chi connectivity index (χ0n) is 19.1. The van der Waals surface area contributed by atoms with Crippen LogP contribution in [-0.2, 0) is 24.4 Å². The van der Waals surface area contributed by atoms with Crippen molar-refractivity contribution in [3.8, 4) is 17.2 Å². The van der Waals surface area contributed by atoms with Gasteiger partial charge in [0.1, 0.15) is 5.75 Å². The molecule has 4 rings (SSSR count). The second-order valence-corrected chi connectivity index (χ2v) is 8.72. The highest BCUT2D eigenvalue weighted by Gasteiger charge is 2.26. The predicted molar refractivity (Wildman–Crippen MR) is 115 cm³/mol. The summed E-state index contributed by atoms with van der Waals surface area (Å²) in [4.78, 5) is 15.7. The lowest BCUT2D eigenvalue weighted by Gasteiger charge is -2.23. The molecule has 3 heterocycles. The van der Waals surface area contributed by atoms with E-state index in [9.17, 15) is 13.6 Å². The molecule has 2 aliphatic rings. The number of amides is 1. The summed E-state index contributed by atoms with van der Waals surface area (Å²) in [6.07, 6.45) is 2.32. The van der Waals surface area contributed by atoms with Gasteiger partial charge in [-0.25, -0.2) is 0 Å². The van der Waals surface area contributed by atoms with Gasteiger partial charge < -0.3 is 24.0 Å². The van der Waals surface area contributed by atoms with Gasteiger partial charge in [0.25, 0.3) is 0 Å². The first-order valence-electron chi connectivity index (χ1n) is 11.1. The summed E-state index contributed by atoms with van der Waals surface area (Å²) < 4.78 is 43.5. The molecule has 1 aromatic heterocycles. The number of fused-ring (bicyclic) bond motifs is 1. The number of nitrogens with zero attached hydrogens (tertiary/aromatic N) is 5. The molecule has 33 heavy (non-hydrogen) atoms. The van der Waals surface area contributed by atoms with E-state index in [1.165, 1.54) is 6.07 Å². The Morgan fingerprint density at radius 1 is 1.21 bits per heavy atom. The molecule has 0 aliphatic carbocycles. The second-order valence-electron chi connectivity index (χ2n) is 8.72. The first kappa shape index (κ1) is 23.1. The number of carbonyl (C=O) groups excluding carboxylic acids is 1. The van der Waals surface area contributed by atoms with Gasteiger partial charge in [-0.1, -0.05) is 13.8 Å². The van der Waals surface area contributed by atoms with E-state index < -0.39 is 6.61 Å². The molecular weight excluding hydrogens is 436 g/mol. The zero-order valence-corrected chi connectivity index (χ0v) is 19.1. The van der Waals surface area contributed by atoms with Crippen molar-refractivity contribution in [1.82, 2.24) is 19.7 Å². The van der Waals surface area contributed by atoms with E-state index >= 15 is 0 Å². The molecule has 1 aromatic carbocycles. The minimum absolute atomic E-state index is 0.0252. The Balaban J connectivity index is 1.59. The van der Waals surface area contributed by atoms with Crippen molar-refractivity contribution in [3.05, 3.63) is 23.5 Å². The number of alkyl halides is 2. The molecule has 0 radical (unpaired) electrons. The third kappa shape index (κ3) is 5.28. The molecule has 0 bridgehead atoms. The molecule has 0 atom stereocenters. The number of carbonyl (C=O) groups is 1. The Kier molecular flexibility index (Phi) is 6.85. The number of anilines is 1. The molecule has 1 fully saturated rings. The van der Waals surface area contributed by atoms with E-state index in [1.54, 1.807) is 11.0 Å². The standard InChI is InChI=1S/C22H29F2N5O4/c1-14(2)6-8-29-19(12-28-7-4-5-20(28)30)25-26-22(29)27(3)11-15-9-17-18(32-13-31-17)10-16(15)33-21(23)24/h9-10,14,21H,4-8,11-13H2,1-3H3. The second kappa shape index (κ2) is 9.80. The third-order valence-electron chi connectivity index (χ3n) is 5.76. The van der Waals surface area contributed by atoms with Crippen LogP contribution >= 0.6 is 0 Å². The lowest BCUT2D eigenvalue weighted by Crippen LogP contribution is -2.27. The minimum Gasteiger partial charge on any atom is -0.454 e. The summed E-state index contributed by atoms with van der Waals surface area (Å²) in [7, 11) is 1.82. The Morgan fingerprint density at radius 2 is 1.97 bits per heavy atom. The van der Waals surface area contributed by atoms with Crippen LogP contribution in [0.25, 0.3) is 0 Å². The SMILES string of the molecule is CC(C)CCn1c(CN2CCCC2=O)nnc1N(C)Cc1cc2c(cc1OC(F)F)OCO2. The first-order chi connectivity index (χ1) is 15.8. The van der Waals surface area contributed by atoms with Crippen LogP contribution < -0.4 is 19.1 Å². The Labute approximate surface area is 191 Å². The van der Waals surface area contributed by atoms with Crippen LogP contribution in [0.2, 0.25) is 0 Å². The maximum absolute atomic E-state index is 13.0. The predicted octanol–water partition coefficient (Wildman–Crippen LogP) is 3.41. The summed E-state index contributed by atoms with van der Waals surface area (Å²) >= 11 is 0. The topological polar surface area (TPSA) is 82.0 Å². The molecule has 11 heteroatoms. The number of likely N-dealkylation sites (tertiary alicyclic amines) is 1. The highest BCUT2D eigenvalue weighted by molar-refractivity contribution is 5.77. The largest absolute Gasteiger partial charge is 0.454 e. The average Bonchev–Trinajstić information content (AvgIpc) is 3.47. The quantitative estimate of drug-likeness (QED) is 0.532. The summed E-state index contributed by atoms with van der Waals surface area (Å²) in [5.41, 5.74) is 0.511. The van der Waals surface area contributed by atoms with Gasteiger partial charge in [-0.2, -0.15) is 8.78 Å². The fourth-order valence-corrected chi connectivity index (χ4v) is 4.00. The summed E-state index contributed by atoms with van der Waals surface area (Å²) in [5, 5.41) is 8.74. The third-order valence-corrected chi connectivity index (χ3v) is 5.76. The van der Waals surface area contributed by atoms with Crippen LogP contribution in [0.15, 0.2) is 12.1 Å². The number of aromatic nitrogens is 3. The molecular formula is C22H29F2N5O4. The molecule has 0 spiro atoms. The Bertz CT molecular complexity index is 997. The van der Waals surface area contributed by atoms with Gasteiger partial charge in [-0.3, -0.25) is 9.36 Å². The normalized spacial score (nSPS) is 15.2. The van der Waals surface area contributed by atoms with Crippen molar-refractivity contribution in [3.63, 3.8) is 0 Å². The van der Waals surface area contributed by atoms with Crippen LogP contribution in [0.1, 0.15) is 44.5 Å². The molecule has 1 amide bonds. The lowest BCUT2D eigenvalue weighted by molar-refractivity contribution is -0.128. The summed E-state index contributed by atoms with van der Waals surface area (Å²) in [6, 6.07) is 3.07. The number of benzene rings is 1. The molecule has 2 aromatic rings. The van der Waals surface area contributed by atoms with E-state index in [1.807, 2.05) is 16.5 Å². The van der Waals surface area contributed by atoms with Crippen molar-refractivity contribution in [2.45, 2.75) is 59.4 Å². The molecule has 180 valence electrons. The molecule has 0 unspecified atom stereocenters. The van der Waals surface area contributed by atoms with Crippen molar-refractivity contribution in [2.75, 3.05) is 25.3 Å². The fraction of sp³-hybridized carbons (Fsp3) is 0.591. The fourth-order valence-electron chi connectivity index (χ4n) is 4.00. The number of hydrogen-bond donors (Lipinski definition) is 0. The van der Waals surface area contributed by atoms with Crippen molar-refractivity contribution >= 4 is 11.9 Å². The molecule has 0 N–H and O–H groups in total. The molecule has 0 saturated carbocycles. The van der Waals surface area contributed by atoms with E-state index in [2.05, 4.69) is 24.0 Å². The molecule has 1 saturated heterocycles. The number of rotatable bonds is 10. The van der Waals surface area contributed by atoms with Crippen LogP contribution in [0, 0.1) is 5.92 Å². The van der Waals surface area contributed by atoms with E-state index in [0.717, 1.165) is 12.8 Å². The lowest BCUT2D eigenvalue weighted by atomic mass is 10.1. The molecule has 2 aliphatic heterocycles. The number of halogens is 2. The van der Waals surface area contributed by atoms with Gasteiger partial charge in [-0.15, -0.1) is 10.2 Å². The summed E-state index contributed by atoms with van der Waals surface area (Å²) in [5.74, 6) is 2.77. The van der Waals surface area contributed by atoms with Gasteiger partial charge in [0.2, 0.25) is 18.6 Å². The highest BCUT2D eigenvalue weighted by atomic mass is 19.3. The van der Waals surface area contributed by atoms with E-state index in [4.69, 9.17) is 14.2 Å². The first-order valence-corrected chi connectivity index (χ1v) is 11.1. The Morgan fingerprint density at radius 3 is 2.64 bits per heavy atom. The number of hydrogen-bond acceptors (Lipinski definition) is 7. The Hall–Kier alpha value is -3.11. The van der Waals surface area contributed by atoms with Crippen molar-refractivity contribution in [1.29, 1.82) is 0 Å². The van der Waals surface area contributed by atoms with Gasteiger partial charge in [-0.05, 0) is 24.8 Å². The minimum atomic E-state index is -2.96. The monoisotopic (exact) mass is 465 g/mol. The highest BCUT2D eigenvalue weighted by Crippen LogP contribution is 2.39. The van der Waals surface area contributed by atoms with Crippen molar-refractivity contribution in [2.24, 2.45) is 5.92 Å².